The second-order valence-corrected chi connectivity index (χ2v) is 3.64. The molecule has 0 aliphatic rings. The van der Waals surface area contributed by atoms with E-state index in [4.69, 9.17) is 4.74 Å². The molecule has 0 unspecified atom stereocenters. The fourth-order valence-corrected chi connectivity index (χ4v) is 1.44. The first kappa shape index (κ1) is 12.1. The zero-order valence-corrected chi connectivity index (χ0v) is 9.71. The molecule has 3 heteroatoms. The van der Waals surface area contributed by atoms with Crippen molar-refractivity contribution in [2.75, 3.05) is 7.11 Å². The minimum atomic E-state index is -0.631. The third-order valence-electron chi connectivity index (χ3n) is 2.30. The maximum absolute atomic E-state index is 12.9. The molecule has 0 amide bonds. The number of halogens is 2. The molecule has 0 heterocycles. The number of benzene rings is 2. The maximum Gasteiger partial charge on any atom is 0.127 e. The van der Waals surface area contributed by atoms with E-state index in [0.717, 1.165) is 17.4 Å². The van der Waals surface area contributed by atoms with E-state index >= 15 is 0 Å². The third kappa shape index (κ3) is 3.08. The van der Waals surface area contributed by atoms with Gasteiger partial charge in [-0.2, -0.15) is 0 Å². The van der Waals surface area contributed by atoms with Gasteiger partial charge in [-0.1, -0.05) is 11.8 Å². The average molecular weight is 244 g/mol. The zero-order chi connectivity index (χ0) is 13.0. The Labute approximate surface area is 104 Å². The van der Waals surface area contributed by atoms with E-state index in [2.05, 4.69) is 11.8 Å². The van der Waals surface area contributed by atoms with Gasteiger partial charge in [-0.05, 0) is 36.4 Å². The monoisotopic (exact) mass is 244 g/mol. The van der Waals surface area contributed by atoms with Gasteiger partial charge in [-0.3, -0.25) is 0 Å². The first-order chi connectivity index (χ1) is 8.67. The van der Waals surface area contributed by atoms with Crippen LogP contribution >= 0.6 is 0 Å². The molecule has 2 rings (SSSR count). The highest BCUT2D eigenvalue weighted by Gasteiger charge is 1.97. The summed E-state index contributed by atoms with van der Waals surface area (Å²) < 4.78 is 30.9. The number of methoxy groups -OCH3 is 1. The van der Waals surface area contributed by atoms with Gasteiger partial charge in [0.15, 0.2) is 0 Å². The minimum absolute atomic E-state index is 0.309. The predicted molar refractivity (Wildman–Crippen MR) is 65.3 cm³/mol. The van der Waals surface area contributed by atoms with Crippen molar-refractivity contribution in [3.8, 4) is 17.6 Å². The summed E-state index contributed by atoms with van der Waals surface area (Å²) in [6.07, 6.45) is 0. The van der Waals surface area contributed by atoms with Gasteiger partial charge in [0.25, 0.3) is 0 Å². The maximum atomic E-state index is 12.9. The number of hydrogen-bond donors (Lipinski definition) is 0. The molecule has 0 radical (unpaired) electrons. The molecule has 2 aromatic rings. The summed E-state index contributed by atoms with van der Waals surface area (Å²) in [5.41, 5.74) is 1.06. The van der Waals surface area contributed by atoms with Crippen molar-refractivity contribution in [3.63, 3.8) is 0 Å². The highest BCUT2D eigenvalue weighted by molar-refractivity contribution is 5.44. The van der Waals surface area contributed by atoms with Crippen molar-refractivity contribution in [3.05, 3.63) is 65.2 Å². The Balaban J connectivity index is 2.25. The van der Waals surface area contributed by atoms with Crippen LogP contribution in [0.2, 0.25) is 0 Å². The molecule has 0 saturated heterocycles. The number of rotatable bonds is 1. The quantitative estimate of drug-likeness (QED) is 0.699. The van der Waals surface area contributed by atoms with Crippen LogP contribution in [0.4, 0.5) is 8.78 Å². The second-order valence-electron chi connectivity index (χ2n) is 3.64. The fourth-order valence-electron chi connectivity index (χ4n) is 1.44. The highest BCUT2D eigenvalue weighted by atomic mass is 19.1. The smallest absolute Gasteiger partial charge is 0.127 e. The highest BCUT2D eigenvalue weighted by Crippen LogP contribution is 2.11. The van der Waals surface area contributed by atoms with Gasteiger partial charge in [-0.15, -0.1) is 0 Å². The molecule has 18 heavy (non-hydrogen) atoms. The summed E-state index contributed by atoms with van der Waals surface area (Å²) >= 11 is 0. The van der Waals surface area contributed by atoms with E-state index in [1.807, 2.05) is 0 Å². The van der Waals surface area contributed by atoms with E-state index in [9.17, 15) is 8.78 Å². The largest absolute Gasteiger partial charge is 0.497 e. The Kier molecular flexibility index (Phi) is 3.59. The van der Waals surface area contributed by atoms with E-state index in [-0.39, 0.29) is 0 Å². The van der Waals surface area contributed by atoms with Crippen LogP contribution in [0.1, 0.15) is 11.1 Å². The van der Waals surface area contributed by atoms with Crippen LogP contribution in [-0.4, -0.2) is 7.11 Å². The van der Waals surface area contributed by atoms with Crippen molar-refractivity contribution in [1.82, 2.24) is 0 Å². The van der Waals surface area contributed by atoms with Gasteiger partial charge in [0.05, 0.1) is 7.11 Å². The first-order valence-electron chi connectivity index (χ1n) is 5.29. The molecule has 0 saturated carbocycles. The normalized spacial score (nSPS) is 9.50. The van der Waals surface area contributed by atoms with Gasteiger partial charge >= 0.3 is 0 Å². The summed E-state index contributed by atoms with van der Waals surface area (Å²) in [5, 5.41) is 0. The van der Waals surface area contributed by atoms with Crippen molar-refractivity contribution in [2.45, 2.75) is 0 Å². The van der Waals surface area contributed by atoms with Crippen LogP contribution in [-0.2, 0) is 0 Å². The molecule has 0 aliphatic carbocycles. The Bertz CT molecular complexity index is 586. The Morgan fingerprint density at radius 1 is 0.833 bits per heavy atom. The molecule has 0 N–H and O–H groups in total. The van der Waals surface area contributed by atoms with Gasteiger partial charge in [0, 0.05) is 17.2 Å². The molecular weight excluding hydrogens is 234 g/mol. The van der Waals surface area contributed by atoms with E-state index < -0.39 is 11.6 Å². The first-order valence-corrected chi connectivity index (χ1v) is 5.29. The van der Waals surface area contributed by atoms with Crippen molar-refractivity contribution < 1.29 is 13.5 Å². The summed E-state index contributed by atoms with van der Waals surface area (Å²) in [7, 11) is 1.58. The third-order valence-corrected chi connectivity index (χ3v) is 2.30. The lowest BCUT2D eigenvalue weighted by atomic mass is 10.1. The van der Waals surface area contributed by atoms with Crippen molar-refractivity contribution in [1.29, 1.82) is 0 Å². The summed E-state index contributed by atoms with van der Waals surface area (Å²) in [4.78, 5) is 0. The van der Waals surface area contributed by atoms with Crippen LogP contribution in [0.25, 0.3) is 0 Å². The lowest BCUT2D eigenvalue weighted by molar-refractivity contribution is 0.415. The Morgan fingerprint density at radius 3 is 1.94 bits per heavy atom. The molecule has 0 fully saturated rings. The molecule has 0 aromatic heterocycles. The van der Waals surface area contributed by atoms with E-state index in [0.29, 0.717) is 5.56 Å². The Hall–Kier alpha value is -2.34. The minimum Gasteiger partial charge on any atom is -0.497 e. The van der Waals surface area contributed by atoms with Gasteiger partial charge < -0.3 is 4.74 Å². The standard InChI is InChI=1S/C15H10F2O/c1-18-15-6-4-11(5-7-15)2-3-12-8-13(16)10-14(17)9-12/h4-10H,1H3. The van der Waals surface area contributed by atoms with E-state index in [1.54, 1.807) is 31.4 Å². The van der Waals surface area contributed by atoms with Crippen molar-refractivity contribution >= 4 is 0 Å². The molecule has 2 aromatic carbocycles. The summed E-state index contributed by atoms with van der Waals surface area (Å²) in [5.74, 6) is 5.01. The fraction of sp³-hybridized carbons (Fsp3) is 0.0667. The average Bonchev–Trinajstić information content (AvgIpc) is 2.36. The SMILES string of the molecule is COc1ccc(C#Cc2cc(F)cc(F)c2)cc1. The van der Waals surface area contributed by atoms with Crippen LogP contribution in [0.5, 0.6) is 5.75 Å². The molecular formula is C15H10F2O. The zero-order valence-electron chi connectivity index (χ0n) is 9.71. The van der Waals surface area contributed by atoms with Crippen molar-refractivity contribution in [2.24, 2.45) is 0 Å². The predicted octanol–water partition coefficient (Wildman–Crippen LogP) is 3.37. The lowest BCUT2D eigenvalue weighted by Gasteiger charge is -1.97. The van der Waals surface area contributed by atoms with Crippen LogP contribution in [0.15, 0.2) is 42.5 Å². The number of ether oxygens (including phenoxy) is 1. The number of hydrogen-bond acceptors (Lipinski definition) is 1. The molecule has 0 bridgehead atoms. The summed E-state index contributed by atoms with van der Waals surface area (Å²) in [6, 6.07) is 10.3. The van der Waals surface area contributed by atoms with Crippen LogP contribution < -0.4 is 4.74 Å². The van der Waals surface area contributed by atoms with E-state index in [1.165, 1.54) is 12.1 Å². The van der Waals surface area contributed by atoms with Crippen LogP contribution in [0, 0.1) is 23.5 Å². The van der Waals surface area contributed by atoms with Gasteiger partial charge in [0.2, 0.25) is 0 Å². The summed E-state index contributed by atoms with van der Waals surface area (Å²) in [6.45, 7) is 0. The molecule has 0 atom stereocenters. The molecule has 1 nitrogen and oxygen atoms in total. The van der Waals surface area contributed by atoms with Gasteiger partial charge in [0.1, 0.15) is 17.4 Å². The van der Waals surface area contributed by atoms with Crippen LogP contribution in [0.3, 0.4) is 0 Å². The topological polar surface area (TPSA) is 9.23 Å². The second kappa shape index (κ2) is 5.33. The Morgan fingerprint density at radius 2 is 1.39 bits per heavy atom. The molecule has 0 spiro atoms. The molecule has 90 valence electrons. The molecule has 0 aliphatic heterocycles. The lowest BCUT2D eigenvalue weighted by Crippen LogP contribution is -1.84. The van der Waals surface area contributed by atoms with Gasteiger partial charge in [-0.25, -0.2) is 8.78 Å².